The normalized spacial score (nSPS) is 24.8. The molecule has 2 atom stereocenters. The van der Waals surface area contributed by atoms with E-state index in [9.17, 15) is 9.59 Å². The van der Waals surface area contributed by atoms with Gasteiger partial charge in [-0.1, -0.05) is 19.8 Å². The first-order valence-electron chi connectivity index (χ1n) is 9.06. The minimum atomic E-state index is -0.255. The zero-order valence-electron chi connectivity index (χ0n) is 14.8. The summed E-state index contributed by atoms with van der Waals surface area (Å²) in [7, 11) is 0. The fourth-order valence-corrected chi connectivity index (χ4v) is 3.99. The number of fused-ring (bicyclic) bond motifs is 1. The van der Waals surface area contributed by atoms with E-state index in [-0.39, 0.29) is 29.6 Å². The molecule has 0 bridgehead atoms. The summed E-state index contributed by atoms with van der Waals surface area (Å²) in [5, 5.41) is 9.33. The maximum Gasteiger partial charge on any atom is 0.251 e. The average molecular weight is 366 g/mol. The van der Waals surface area contributed by atoms with Crippen LogP contribution in [0.4, 0.5) is 5.69 Å². The molecule has 3 N–H and O–H groups in total. The molecule has 25 heavy (non-hydrogen) atoms. The van der Waals surface area contributed by atoms with Gasteiger partial charge in [-0.05, 0) is 56.0 Å². The Balaban J connectivity index is 0.00000225. The summed E-state index contributed by atoms with van der Waals surface area (Å²) in [6.45, 7) is 4.42. The van der Waals surface area contributed by atoms with E-state index in [2.05, 4.69) is 16.0 Å². The van der Waals surface area contributed by atoms with Crippen LogP contribution in [0.2, 0.25) is 0 Å². The number of halogens is 1. The molecule has 0 spiro atoms. The lowest BCUT2D eigenvalue weighted by Gasteiger charge is -2.37. The number of carbonyl (C=O) groups excluding carboxylic acids is 2. The van der Waals surface area contributed by atoms with E-state index in [1.54, 1.807) is 12.1 Å². The number of carbonyl (C=O) groups is 2. The lowest BCUT2D eigenvalue weighted by molar-refractivity contribution is -0.128. The van der Waals surface area contributed by atoms with E-state index in [1.165, 1.54) is 6.42 Å². The fourth-order valence-electron chi connectivity index (χ4n) is 3.99. The van der Waals surface area contributed by atoms with Crippen LogP contribution in [0.15, 0.2) is 24.3 Å². The summed E-state index contributed by atoms with van der Waals surface area (Å²) in [5.74, 6) is 0.506. The molecule has 2 aliphatic rings. The Labute approximate surface area is 155 Å². The molecule has 0 aromatic heterocycles. The quantitative estimate of drug-likeness (QED) is 0.751. The zero-order valence-corrected chi connectivity index (χ0v) is 15.6. The zero-order chi connectivity index (χ0) is 17.0. The number of rotatable bonds is 5. The van der Waals surface area contributed by atoms with Crippen LogP contribution in [0.25, 0.3) is 0 Å². The van der Waals surface area contributed by atoms with E-state index in [0.29, 0.717) is 18.0 Å². The van der Waals surface area contributed by atoms with Crippen molar-refractivity contribution in [3.05, 3.63) is 29.8 Å². The van der Waals surface area contributed by atoms with Gasteiger partial charge in [0, 0.05) is 24.3 Å². The summed E-state index contributed by atoms with van der Waals surface area (Å²) in [6, 6.07) is 7.16. The number of nitrogens with one attached hydrogen (secondary N) is 3. The summed E-state index contributed by atoms with van der Waals surface area (Å²) in [4.78, 5) is 24.8. The Kier molecular flexibility index (Phi) is 6.85. The third kappa shape index (κ3) is 4.15. The predicted molar refractivity (Wildman–Crippen MR) is 102 cm³/mol. The largest absolute Gasteiger partial charge is 0.352 e. The molecule has 5 nitrogen and oxygen atoms in total. The van der Waals surface area contributed by atoms with Gasteiger partial charge < -0.3 is 16.0 Å². The van der Waals surface area contributed by atoms with Crippen molar-refractivity contribution in [1.82, 2.24) is 10.6 Å². The molecule has 2 fully saturated rings. The molecule has 138 valence electrons. The molecule has 1 saturated heterocycles. The van der Waals surface area contributed by atoms with E-state index in [4.69, 9.17) is 0 Å². The SMILES string of the molecule is CCCNC(=O)c1ccc(NC(=O)[C@@]23CCCC[C@H]2CNC3)cc1.Cl. The molecular weight excluding hydrogens is 338 g/mol. The first-order chi connectivity index (χ1) is 11.7. The fraction of sp³-hybridized carbons (Fsp3) is 0.579. The number of amides is 2. The Hall–Kier alpha value is -1.59. The Morgan fingerprint density at radius 3 is 2.72 bits per heavy atom. The maximum atomic E-state index is 12.9. The van der Waals surface area contributed by atoms with Crippen molar-refractivity contribution in [2.24, 2.45) is 11.3 Å². The van der Waals surface area contributed by atoms with Crippen molar-refractivity contribution in [2.45, 2.75) is 39.0 Å². The highest BCUT2D eigenvalue weighted by molar-refractivity contribution is 5.98. The standard InChI is InChI=1S/C19H27N3O2.ClH/c1-2-11-21-17(23)14-6-8-16(9-7-14)22-18(24)19-10-4-3-5-15(19)12-20-13-19;/h6-9,15,20H,2-5,10-13H2,1H3,(H,21,23)(H,22,24);1H/t15-,19+;/m0./s1. The second-order valence-electron chi connectivity index (χ2n) is 7.02. The van der Waals surface area contributed by atoms with Crippen LogP contribution in [0.5, 0.6) is 0 Å². The molecule has 1 heterocycles. The van der Waals surface area contributed by atoms with Gasteiger partial charge in [-0.25, -0.2) is 0 Å². The molecule has 3 rings (SSSR count). The molecular formula is C19H28ClN3O2. The highest BCUT2D eigenvalue weighted by Gasteiger charge is 2.49. The van der Waals surface area contributed by atoms with E-state index >= 15 is 0 Å². The van der Waals surface area contributed by atoms with Crippen molar-refractivity contribution in [3.63, 3.8) is 0 Å². The minimum absolute atomic E-state index is 0. The smallest absolute Gasteiger partial charge is 0.251 e. The first kappa shape index (κ1) is 19.7. The van der Waals surface area contributed by atoms with Gasteiger partial charge in [-0.3, -0.25) is 9.59 Å². The van der Waals surface area contributed by atoms with Crippen LogP contribution < -0.4 is 16.0 Å². The average Bonchev–Trinajstić information content (AvgIpc) is 3.05. The van der Waals surface area contributed by atoms with Crippen molar-refractivity contribution in [3.8, 4) is 0 Å². The molecule has 0 radical (unpaired) electrons. The number of anilines is 1. The summed E-state index contributed by atoms with van der Waals surface area (Å²) in [6.07, 6.45) is 5.37. The van der Waals surface area contributed by atoms with Crippen molar-refractivity contribution >= 4 is 29.9 Å². The van der Waals surface area contributed by atoms with Crippen molar-refractivity contribution < 1.29 is 9.59 Å². The Bertz CT molecular complexity index is 605. The number of benzene rings is 1. The van der Waals surface area contributed by atoms with Gasteiger partial charge in [0.25, 0.3) is 5.91 Å². The highest BCUT2D eigenvalue weighted by atomic mass is 35.5. The maximum absolute atomic E-state index is 12.9. The van der Waals surface area contributed by atoms with Gasteiger partial charge in [0.2, 0.25) is 5.91 Å². The lowest BCUT2D eigenvalue weighted by atomic mass is 9.67. The van der Waals surface area contributed by atoms with Crippen LogP contribution in [-0.4, -0.2) is 31.4 Å². The lowest BCUT2D eigenvalue weighted by Crippen LogP contribution is -2.44. The van der Waals surface area contributed by atoms with Gasteiger partial charge >= 0.3 is 0 Å². The minimum Gasteiger partial charge on any atom is -0.352 e. The van der Waals surface area contributed by atoms with Crippen molar-refractivity contribution in [2.75, 3.05) is 25.0 Å². The van der Waals surface area contributed by atoms with Crippen LogP contribution >= 0.6 is 12.4 Å². The summed E-state index contributed by atoms with van der Waals surface area (Å²) in [5.41, 5.74) is 1.13. The van der Waals surface area contributed by atoms with E-state index < -0.39 is 0 Å². The van der Waals surface area contributed by atoms with Gasteiger partial charge in [-0.15, -0.1) is 12.4 Å². The van der Waals surface area contributed by atoms with Crippen LogP contribution in [0.1, 0.15) is 49.4 Å². The predicted octanol–water partition coefficient (Wildman–Crippen LogP) is 2.97. The molecule has 1 aromatic carbocycles. The topological polar surface area (TPSA) is 70.2 Å². The second-order valence-corrected chi connectivity index (χ2v) is 7.02. The van der Waals surface area contributed by atoms with Gasteiger partial charge in [0.1, 0.15) is 0 Å². The summed E-state index contributed by atoms with van der Waals surface area (Å²) < 4.78 is 0. The monoisotopic (exact) mass is 365 g/mol. The number of hydrogen-bond donors (Lipinski definition) is 3. The van der Waals surface area contributed by atoms with Gasteiger partial charge in [0.15, 0.2) is 0 Å². The third-order valence-corrected chi connectivity index (χ3v) is 5.43. The second kappa shape index (κ2) is 8.68. The van der Waals surface area contributed by atoms with Crippen LogP contribution in [0, 0.1) is 11.3 Å². The molecule has 6 heteroatoms. The van der Waals surface area contributed by atoms with Gasteiger partial charge in [-0.2, -0.15) is 0 Å². The summed E-state index contributed by atoms with van der Waals surface area (Å²) >= 11 is 0. The van der Waals surface area contributed by atoms with E-state index in [0.717, 1.165) is 44.5 Å². The molecule has 1 aromatic rings. The number of hydrogen-bond acceptors (Lipinski definition) is 3. The van der Waals surface area contributed by atoms with Crippen LogP contribution in [-0.2, 0) is 4.79 Å². The molecule has 2 amide bonds. The molecule has 0 unspecified atom stereocenters. The Morgan fingerprint density at radius 2 is 2.00 bits per heavy atom. The molecule has 1 aliphatic carbocycles. The first-order valence-corrected chi connectivity index (χ1v) is 9.06. The van der Waals surface area contributed by atoms with Crippen LogP contribution in [0.3, 0.4) is 0 Å². The van der Waals surface area contributed by atoms with Gasteiger partial charge in [0.05, 0.1) is 5.41 Å². The van der Waals surface area contributed by atoms with E-state index in [1.807, 2.05) is 19.1 Å². The molecule has 1 saturated carbocycles. The highest BCUT2D eigenvalue weighted by Crippen LogP contribution is 2.44. The molecule has 1 aliphatic heterocycles. The Morgan fingerprint density at radius 1 is 1.24 bits per heavy atom. The van der Waals surface area contributed by atoms with Crippen molar-refractivity contribution in [1.29, 1.82) is 0 Å². The third-order valence-electron chi connectivity index (χ3n) is 5.43.